The molecule has 2 aromatic carbocycles. The number of aromatic hydroxyl groups is 1. The van der Waals surface area contributed by atoms with Crippen LogP contribution in [0.1, 0.15) is 23.5 Å². The molecule has 3 rings (SSSR count). The highest BCUT2D eigenvalue weighted by Crippen LogP contribution is 2.47. The summed E-state index contributed by atoms with van der Waals surface area (Å²) in [6.45, 7) is 0.456. The highest BCUT2D eigenvalue weighted by atomic mass is 35.5. The first-order valence-corrected chi connectivity index (χ1v) is 7.33. The summed E-state index contributed by atoms with van der Waals surface area (Å²) in [6.07, 6.45) is 0.860. The van der Waals surface area contributed by atoms with Crippen molar-refractivity contribution in [2.24, 2.45) is 5.92 Å². The molecule has 0 radical (unpaired) electrons. The van der Waals surface area contributed by atoms with Crippen LogP contribution in [-0.4, -0.2) is 11.0 Å². The molecule has 4 heteroatoms. The number of carbonyl (C=O) groups is 1. The van der Waals surface area contributed by atoms with Gasteiger partial charge >= 0.3 is 0 Å². The lowest BCUT2D eigenvalue weighted by molar-refractivity contribution is -0.122. The third-order valence-corrected chi connectivity index (χ3v) is 4.23. The van der Waals surface area contributed by atoms with E-state index in [9.17, 15) is 9.90 Å². The van der Waals surface area contributed by atoms with Crippen LogP contribution >= 0.6 is 11.6 Å². The van der Waals surface area contributed by atoms with E-state index in [-0.39, 0.29) is 23.5 Å². The van der Waals surface area contributed by atoms with E-state index in [1.54, 1.807) is 12.1 Å². The number of benzene rings is 2. The first-order valence-electron chi connectivity index (χ1n) is 6.95. The summed E-state index contributed by atoms with van der Waals surface area (Å²) < 4.78 is 0. The van der Waals surface area contributed by atoms with Crippen LogP contribution in [0.25, 0.3) is 0 Å². The Labute approximate surface area is 128 Å². The molecular weight excluding hydrogens is 286 g/mol. The molecule has 1 aliphatic carbocycles. The van der Waals surface area contributed by atoms with Crippen LogP contribution in [0.4, 0.5) is 0 Å². The van der Waals surface area contributed by atoms with Crippen molar-refractivity contribution in [3.8, 4) is 5.75 Å². The van der Waals surface area contributed by atoms with Crippen molar-refractivity contribution in [2.45, 2.75) is 18.9 Å². The fourth-order valence-electron chi connectivity index (χ4n) is 2.53. The minimum atomic E-state index is 0.0250. The van der Waals surface area contributed by atoms with Gasteiger partial charge in [-0.2, -0.15) is 0 Å². The Hall–Kier alpha value is -2.00. The highest BCUT2D eigenvalue weighted by Gasteiger charge is 2.43. The van der Waals surface area contributed by atoms with Crippen LogP contribution in [0.5, 0.6) is 5.75 Å². The van der Waals surface area contributed by atoms with E-state index in [2.05, 4.69) is 5.32 Å². The summed E-state index contributed by atoms with van der Waals surface area (Å²) in [5, 5.41) is 12.9. The fraction of sp³-hybridized carbons (Fsp3) is 0.235. The molecule has 2 aromatic rings. The number of carbonyl (C=O) groups excluding carboxylic acids is 1. The Bertz CT molecular complexity index is 654. The van der Waals surface area contributed by atoms with Gasteiger partial charge in [0.15, 0.2) is 0 Å². The van der Waals surface area contributed by atoms with Gasteiger partial charge in [-0.05, 0) is 41.7 Å². The lowest BCUT2D eigenvalue weighted by Gasteiger charge is -2.07. The third-order valence-electron chi connectivity index (χ3n) is 3.86. The SMILES string of the molecule is O=C(NCc1ccccc1Cl)C1CC1c1ccc(O)cc1. The molecule has 0 saturated heterocycles. The summed E-state index contributed by atoms with van der Waals surface area (Å²) in [7, 11) is 0. The second-order valence-electron chi connectivity index (χ2n) is 5.35. The first kappa shape index (κ1) is 14.0. The number of phenols is 1. The summed E-state index contributed by atoms with van der Waals surface area (Å²) in [4.78, 5) is 12.1. The number of hydrogen-bond donors (Lipinski definition) is 2. The maximum absolute atomic E-state index is 12.1. The molecule has 0 aliphatic heterocycles. The van der Waals surface area contributed by atoms with Gasteiger partial charge in [-0.1, -0.05) is 41.9 Å². The Kier molecular flexibility index (Phi) is 3.84. The van der Waals surface area contributed by atoms with Crippen LogP contribution < -0.4 is 5.32 Å². The predicted molar refractivity (Wildman–Crippen MR) is 82.3 cm³/mol. The van der Waals surface area contributed by atoms with Crippen molar-refractivity contribution in [2.75, 3.05) is 0 Å². The standard InChI is InChI=1S/C17H16ClNO2/c18-16-4-2-1-3-12(16)10-19-17(21)15-9-14(15)11-5-7-13(20)8-6-11/h1-8,14-15,20H,9-10H2,(H,19,21). The normalized spacial score (nSPS) is 20.0. The van der Waals surface area contributed by atoms with Gasteiger partial charge in [-0.15, -0.1) is 0 Å². The van der Waals surface area contributed by atoms with E-state index in [1.165, 1.54) is 0 Å². The van der Waals surface area contributed by atoms with Gasteiger partial charge in [0.1, 0.15) is 5.75 Å². The molecule has 0 aromatic heterocycles. The number of hydrogen-bond acceptors (Lipinski definition) is 2. The van der Waals surface area contributed by atoms with E-state index >= 15 is 0 Å². The summed E-state index contributed by atoms with van der Waals surface area (Å²) in [6, 6.07) is 14.6. The van der Waals surface area contributed by atoms with Crippen LogP contribution in [0.3, 0.4) is 0 Å². The average molecular weight is 302 g/mol. The molecule has 0 bridgehead atoms. The van der Waals surface area contributed by atoms with Crippen molar-refractivity contribution >= 4 is 17.5 Å². The summed E-state index contributed by atoms with van der Waals surface area (Å²) >= 11 is 6.07. The molecule has 3 nitrogen and oxygen atoms in total. The Morgan fingerprint density at radius 3 is 2.62 bits per heavy atom. The third kappa shape index (κ3) is 3.19. The minimum absolute atomic E-state index is 0.0250. The van der Waals surface area contributed by atoms with Gasteiger partial charge in [0.25, 0.3) is 0 Å². The molecule has 1 fully saturated rings. The molecule has 1 saturated carbocycles. The smallest absolute Gasteiger partial charge is 0.224 e. The highest BCUT2D eigenvalue weighted by molar-refractivity contribution is 6.31. The molecule has 21 heavy (non-hydrogen) atoms. The fourth-order valence-corrected chi connectivity index (χ4v) is 2.73. The maximum Gasteiger partial charge on any atom is 0.224 e. The quantitative estimate of drug-likeness (QED) is 0.908. The largest absolute Gasteiger partial charge is 0.508 e. The van der Waals surface area contributed by atoms with E-state index in [0.717, 1.165) is 17.5 Å². The summed E-state index contributed by atoms with van der Waals surface area (Å²) in [5.74, 6) is 0.598. The van der Waals surface area contributed by atoms with Gasteiger partial charge < -0.3 is 10.4 Å². The van der Waals surface area contributed by atoms with E-state index in [0.29, 0.717) is 11.6 Å². The predicted octanol–water partition coefficient (Wildman–Crippen LogP) is 3.47. The lowest BCUT2D eigenvalue weighted by atomic mass is 10.1. The molecule has 2 unspecified atom stereocenters. The molecule has 1 amide bonds. The van der Waals surface area contributed by atoms with E-state index in [1.807, 2.05) is 36.4 Å². The second kappa shape index (κ2) is 5.78. The van der Waals surface area contributed by atoms with Crippen LogP contribution in [0, 0.1) is 5.92 Å². The average Bonchev–Trinajstić information content (AvgIpc) is 3.27. The summed E-state index contributed by atoms with van der Waals surface area (Å²) in [5.41, 5.74) is 2.03. The Morgan fingerprint density at radius 1 is 1.19 bits per heavy atom. The molecule has 2 atom stereocenters. The zero-order chi connectivity index (χ0) is 14.8. The second-order valence-corrected chi connectivity index (χ2v) is 5.76. The van der Waals surface area contributed by atoms with Crippen molar-refractivity contribution in [3.63, 3.8) is 0 Å². The molecule has 2 N–H and O–H groups in total. The van der Waals surface area contributed by atoms with Crippen molar-refractivity contribution in [3.05, 3.63) is 64.7 Å². The van der Waals surface area contributed by atoms with E-state index in [4.69, 9.17) is 11.6 Å². The minimum Gasteiger partial charge on any atom is -0.508 e. The van der Waals surface area contributed by atoms with Crippen LogP contribution in [0.2, 0.25) is 5.02 Å². The first-order chi connectivity index (χ1) is 10.1. The van der Waals surface area contributed by atoms with Gasteiger partial charge in [0.2, 0.25) is 5.91 Å². The molecule has 0 spiro atoms. The zero-order valence-electron chi connectivity index (χ0n) is 11.4. The van der Waals surface area contributed by atoms with Gasteiger partial charge in [-0.3, -0.25) is 4.79 Å². The molecule has 108 valence electrons. The lowest BCUT2D eigenvalue weighted by Crippen LogP contribution is -2.25. The molecule has 1 aliphatic rings. The van der Waals surface area contributed by atoms with Gasteiger partial charge in [0.05, 0.1) is 0 Å². The van der Waals surface area contributed by atoms with Gasteiger partial charge in [-0.25, -0.2) is 0 Å². The van der Waals surface area contributed by atoms with Crippen molar-refractivity contribution in [1.29, 1.82) is 0 Å². The van der Waals surface area contributed by atoms with Crippen molar-refractivity contribution in [1.82, 2.24) is 5.32 Å². The van der Waals surface area contributed by atoms with Crippen LogP contribution in [-0.2, 0) is 11.3 Å². The zero-order valence-corrected chi connectivity index (χ0v) is 12.2. The van der Waals surface area contributed by atoms with Crippen molar-refractivity contribution < 1.29 is 9.90 Å². The number of halogens is 1. The number of rotatable bonds is 4. The Morgan fingerprint density at radius 2 is 1.90 bits per heavy atom. The number of nitrogens with one attached hydrogen (secondary N) is 1. The monoisotopic (exact) mass is 301 g/mol. The van der Waals surface area contributed by atoms with Gasteiger partial charge in [0, 0.05) is 17.5 Å². The number of amides is 1. The van der Waals surface area contributed by atoms with Crippen LogP contribution in [0.15, 0.2) is 48.5 Å². The Balaban J connectivity index is 1.56. The van der Waals surface area contributed by atoms with E-state index < -0.39 is 0 Å². The number of phenolic OH excluding ortho intramolecular Hbond substituents is 1. The maximum atomic E-state index is 12.1. The topological polar surface area (TPSA) is 49.3 Å². The molecular formula is C17H16ClNO2. The molecule has 0 heterocycles.